The fourth-order valence-corrected chi connectivity index (χ4v) is 1.67. The van der Waals surface area contributed by atoms with Crippen LogP contribution in [0.25, 0.3) is 0 Å². The van der Waals surface area contributed by atoms with Crippen LogP contribution in [0.15, 0.2) is 0 Å². The molecule has 0 saturated carbocycles. The van der Waals surface area contributed by atoms with E-state index in [9.17, 15) is 0 Å². The molecule has 0 aromatic heterocycles. The predicted molar refractivity (Wildman–Crippen MR) is 60.6 cm³/mol. The van der Waals surface area contributed by atoms with Crippen LogP contribution in [0.2, 0.25) is 0 Å². The number of halogens is 1. The topological polar surface area (TPSA) is 9.72 Å². The maximum Gasteiger partial charge on any atom is 0.0209 e. The first-order valence-corrected chi connectivity index (χ1v) is 5.43. The van der Waals surface area contributed by atoms with Crippen LogP contribution in [0.4, 0.5) is 0 Å². The van der Waals surface area contributed by atoms with E-state index in [0.29, 0.717) is 0 Å². The van der Waals surface area contributed by atoms with Crippen molar-refractivity contribution in [1.82, 2.24) is 12.9 Å². The van der Waals surface area contributed by atoms with E-state index in [0.717, 1.165) is 0 Å². The molecule has 12 heavy (non-hydrogen) atoms. The summed E-state index contributed by atoms with van der Waals surface area (Å²) in [6.07, 6.45) is 0. The summed E-state index contributed by atoms with van der Waals surface area (Å²) >= 11 is 2.42. The van der Waals surface area contributed by atoms with Gasteiger partial charge in [-0.1, -0.05) is 0 Å². The van der Waals surface area contributed by atoms with Gasteiger partial charge in [-0.3, -0.25) is 0 Å². The number of rotatable bonds is 0. The van der Waals surface area contributed by atoms with Crippen LogP contribution in [0.3, 0.4) is 0 Å². The maximum atomic E-state index is 2.42. The zero-order chi connectivity index (χ0) is 8.97. The molecule has 0 N–H and O–H groups in total. The summed E-state index contributed by atoms with van der Waals surface area (Å²) in [5.41, 5.74) is 0. The lowest BCUT2D eigenvalue weighted by Gasteiger charge is -2.18. The molecule has 1 aliphatic heterocycles. The Hall–Kier alpha value is 0.610. The standard InChI is InChI=1S/C8H18IN3/c1-10-3-4-11(2)6-8-12(9)7-5-10/h3-8H2,1-2H3. The van der Waals surface area contributed by atoms with Gasteiger partial charge in [-0.2, -0.15) is 0 Å². The SMILES string of the molecule is CN1CCN(C)CCN(I)CC1. The van der Waals surface area contributed by atoms with Gasteiger partial charge in [0.1, 0.15) is 0 Å². The fourth-order valence-electron chi connectivity index (χ4n) is 1.24. The fraction of sp³-hybridized carbons (Fsp3) is 1.00. The van der Waals surface area contributed by atoms with Gasteiger partial charge in [0, 0.05) is 62.1 Å². The van der Waals surface area contributed by atoms with Crippen molar-refractivity contribution < 1.29 is 0 Å². The monoisotopic (exact) mass is 283 g/mol. The third kappa shape index (κ3) is 4.02. The second kappa shape index (κ2) is 5.36. The first kappa shape index (κ1) is 10.7. The molecule has 0 radical (unpaired) electrons. The number of hydrogen-bond acceptors (Lipinski definition) is 3. The van der Waals surface area contributed by atoms with Crippen LogP contribution in [0.5, 0.6) is 0 Å². The molecule has 1 heterocycles. The van der Waals surface area contributed by atoms with Crippen molar-refractivity contribution in [2.45, 2.75) is 0 Å². The molecule has 72 valence electrons. The van der Waals surface area contributed by atoms with Gasteiger partial charge in [-0.25, -0.2) is 3.11 Å². The molecule has 1 fully saturated rings. The summed E-state index contributed by atoms with van der Waals surface area (Å²) in [5.74, 6) is 0. The third-order valence-corrected chi connectivity index (χ3v) is 3.28. The van der Waals surface area contributed by atoms with E-state index in [4.69, 9.17) is 0 Å². The predicted octanol–water partition coefficient (Wildman–Crippen LogP) is 0.516. The van der Waals surface area contributed by atoms with E-state index in [1.165, 1.54) is 39.3 Å². The molecule has 1 saturated heterocycles. The minimum absolute atomic E-state index is 1.19. The highest BCUT2D eigenvalue weighted by molar-refractivity contribution is 14.1. The molecule has 0 aliphatic carbocycles. The Morgan fingerprint density at radius 3 is 1.50 bits per heavy atom. The van der Waals surface area contributed by atoms with Crippen molar-refractivity contribution in [2.75, 3.05) is 53.4 Å². The smallest absolute Gasteiger partial charge is 0.0209 e. The third-order valence-electron chi connectivity index (χ3n) is 2.31. The maximum absolute atomic E-state index is 2.42. The highest BCUT2D eigenvalue weighted by Gasteiger charge is 2.09. The van der Waals surface area contributed by atoms with Gasteiger partial charge in [-0.15, -0.1) is 0 Å². The Morgan fingerprint density at radius 1 is 0.750 bits per heavy atom. The Kier molecular flexibility index (Phi) is 4.78. The van der Waals surface area contributed by atoms with Crippen molar-refractivity contribution >= 4 is 22.9 Å². The van der Waals surface area contributed by atoms with E-state index in [1.54, 1.807) is 0 Å². The van der Waals surface area contributed by atoms with E-state index >= 15 is 0 Å². The summed E-state index contributed by atoms with van der Waals surface area (Å²) in [5, 5.41) is 0. The molecular weight excluding hydrogens is 265 g/mol. The molecule has 0 aromatic carbocycles. The molecule has 1 rings (SSSR count). The van der Waals surface area contributed by atoms with Crippen molar-refractivity contribution in [3.63, 3.8) is 0 Å². The van der Waals surface area contributed by atoms with Gasteiger partial charge in [0.2, 0.25) is 0 Å². The van der Waals surface area contributed by atoms with Crippen LogP contribution in [0.1, 0.15) is 0 Å². The molecule has 0 amide bonds. The lowest BCUT2D eigenvalue weighted by atomic mass is 10.5. The van der Waals surface area contributed by atoms with E-state index < -0.39 is 0 Å². The van der Waals surface area contributed by atoms with Crippen LogP contribution in [-0.4, -0.2) is 66.3 Å². The zero-order valence-electron chi connectivity index (χ0n) is 7.96. The quantitative estimate of drug-likeness (QED) is 0.474. The molecule has 0 bridgehead atoms. The highest BCUT2D eigenvalue weighted by atomic mass is 127. The molecule has 0 aromatic rings. The first-order valence-electron chi connectivity index (χ1n) is 4.46. The van der Waals surface area contributed by atoms with Crippen molar-refractivity contribution in [1.29, 1.82) is 0 Å². The minimum Gasteiger partial charge on any atom is -0.304 e. The van der Waals surface area contributed by atoms with Crippen molar-refractivity contribution in [3.8, 4) is 0 Å². The Morgan fingerprint density at radius 2 is 1.08 bits per heavy atom. The van der Waals surface area contributed by atoms with E-state index in [1.807, 2.05) is 0 Å². The number of hydrogen-bond donors (Lipinski definition) is 0. The largest absolute Gasteiger partial charge is 0.304 e. The van der Waals surface area contributed by atoms with Crippen LogP contribution >= 0.6 is 22.9 Å². The van der Waals surface area contributed by atoms with Gasteiger partial charge in [-0.05, 0) is 14.1 Å². The minimum atomic E-state index is 1.19. The van der Waals surface area contributed by atoms with E-state index in [2.05, 4.69) is 49.9 Å². The molecule has 0 spiro atoms. The Bertz CT molecular complexity index is 95.7. The molecule has 3 nitrogen and oxygen atoms in total. The lowest BCUT2D eigenvalue weighted by molar-refractivity contribution is 0.277. The molecule has 0 unspecified atom stereocenters. The summed E-state index contributed by atoms with van der Waals surface area (Å²) < 4.78 is 2.37. The average molecular weight is 283 g/mol. The summed E-state index contributed by atoms with van der Waals surface area (Å²) in [6.45, 7) is 7.14. The second-order valence-electron chi connectivity index (χ2n) is 3.52. The average Bonchev–Trinajstić information content (AvgIpc) is 2.11. The van der Waals surface area contributed by atoms with Crippen molar-refractivity contribution in [2.24, 2.45) is 0 Å². The van der Waals surface area contributed by atoms with Crippen LogP contribution < -0.4 is 0 Å². The van der Waals surface area contributed by atoms with Crippen molar-refractivity contribution in [3.05, 3.63) is 0 Å². The molecule has 1 aliphatic rings. The van der Waals surface area contributed by atoms with Crippen LogP contribution in [-0.2, 0) is 0 Å². The second-order valence-corrected chi connectivity index (χ2v) is 4.88. The van der Waals surface area contributed by atoms with Gasteiger partial charge in [0.15, 0.2) is 0 Å². The summed E-state index contributed by atoms with van der Waals surface area (Å²) in [4.78, 5) is 4.79. The molecule has 0 atom stereocenters. The lowest BCUT2D eigenvalue weighted by Crippen LogP contribution is -2.31. The van der Waals surface area contributed by atoms with Gasteiger partial charge >= 0.3 is 0 Å². The Balaban J connectivity index is 2.36. The Labute approximate surface area is 89.2 Å². The van der Waals surface area contributed by atoms with Gasteiger partial charge in [0.25, 0.3) is 0 Å². The highest BCUT2D eigenvalue weighted by Crippen LogP contribution is 2.01. The molecular formula is C8H18IN3. The molecule has 4 heteroatoms. The van der Waals surface area contributed by atoms with Gasteiger partial charge < -0.3 is 9.80 Å². The summed E-state index contributed by atoms with van der Waals surface area (Å²) in [7, 11) is 4.40. The number of likely N-dealkylation sites (N-methyl/N-ethyl adjacent to an activating group) is 2. The number of nitrogens with zero attached hydrogens (tertiary/aromatic N) is 3. The zero-order valence-corrected chi connectivity index (χ0v) is 10.1. The first-order chi connectivity index (χ1) is 5.68. The van der Waals surface area contributed by atoms with Gasteiger partial charge in [0.05, 0.1) is 0 Å². The normalized spacial score (nSPS) is 26.2. The van der Waals surface area contributed by atoms with Crippen LogP contribution in [0, 0.1) is 0 Å². The van der Waals surface area contributed by atoms with E-state index in [-0.39, 0.29) is 0 Å². The summed E-state index contributed by atoms with van der Waals surface area (Å²) in [6, 6.07) is 0.